The number of hydrogen-bond acceptors (Lipinski definition) is 5. The van der Waals surface area contributed by atoms with Crippen LogP contribution in [0.5, 0.6) is 0 Å². The SMILES string of the molecule is CCOC1CC(CC(Cc2cn3ccsc3n2)NN)C1. The largest absolute Gasteiger partial charge is 0.378 e. The van der Waals surface area contributed by atoms with Gasteiger partial charge in [-0.25, -0.2) is 4.98 Å². The Bertz CT molecular complexity index is 518. The van der Waals surface area contributed by atoms with Crippen molar-refractivity contribution in [2.75, 3.05) is 6.61 Å². The summed E-state index contributed by atoms with van der Waals surface area (Å²) < 4.78 is 7.68. The second-order valence-corrected chi connectivity index (χ2v) is 6.42. The summed E-state index contributed by atoms with van der Waals surface area (Å²) in [6.07, 6.45) is 8.95. The van der Waals surface area contributed by atoms with Crippen LogP contribution in [0.2, 0.25) is 0 Å². The number of rotatable bonds is 7. The van der Waals surface area contributed by atoms with Crippen LogP contribution in [0.4, 0.5) is 0 Å². The van der Waals surface area contributed by atoms with Gasteiger partial charge in [-0.05, 0) is 32.1 Å². The lowest BCUT2D eigenvalue weighted by atomic mass is 9.77. The Hall–Kier alpha value is -0.950. The van der Waals surface area contributed by atoms with Gasteiger partial charge in [-0.15, -0.1) is 11.3 Å². The number of aromatic nitrogens is 2. The van der Waals surface area contributed by atoms with Crippen LogP contribution in [0.1, 0.15) is 31.9 Å². The fraction of sp³-hybridized carbons (Fsp3) is 0.643. The van der Waals surface area contributed by atoms with Crippen LogP contribution in [-0.2, 0) is 11.2 Å². The summed E-state index contributed by atoms with van der Waals surface area (Å²) in [6.45, 7) is 2.88. The lowest BCUT2D eigenvalue weighted by molar-refractivity contribution is -0.0290. The van der Waals surface area contributed by atoms with Gasteiger partial charge in [-0.2, -0.15) is 0 Å². The maximum Gasteiger partial charge on any atom is 0.193 e. The molecule has 1 fully saturated rings. The van der Waals surface area contributed by atoms with Gasteiger partial charge in [0.25, 0.3) is 0 Å². The summed E-state index contributed by atoms with van der Waals surface area (Å²) in [5.74, 6) is 6.43. The monoisotopic (exact) mass is 294 g/mol. The van der Waals surface area contributed by atoms with E-state index in [0.717, 1.165) is 36.0 Å². The number of thiazole rings is 1. The van der Waals surface area contributed by atoms with Crippen molar-refractivity contribution < 1.29 is 4.74 Å². The molecular formula is C14H22N4OS. The normalized spacial score (nSPS) is 23.9. The van der Waals surface area contributed by atoms with Crippen LogP contribution < -0.4 is 11.3 Å². The summed E-state index contributed by atoms with van der Waals surface area (Å²) in [7, 11) is 0. The average molecular weight is 294 g/mol. The standard InChI is InChI=1S/C14H22N4OS/c1-2-19-13-6-10(7-13)5-11(17-15)8-12-9-18-3-4-20-14(18)16-12/h3-4,9-11,13,17H,2,5-8,15H2,1H3. The van der Waals surface area contributed by atoms with Crippen molar-refractivity contribution in [2.45, 2.75) is 44.8 Å². The van der Waals surface area contributed by atoms with Crippen molar-refractivity contribution >= 4 is 16.3 Å². The van der Waals surface area contributed by atoms with Gasteiger partial charge in [-0.3, -0.25) is 15.7 Å². The van der Waals surface area contributed by atoms with Gasteiger partial charge in [0, 0.05) is 36.8 Å². The highest BCUT2D eigenvalue weighted by Gasteiger charge is 2.31. The molecule has 20 heavy (non-hydrogen) atoms. The quantitative estimate of drug-likeness (QED) is 0.605. The number of nitrogens with zero attached hydrogens (tertiary/aromatic N) is 2. The molecule has 1 atom stereocenters. The molecule has 3 N–H and O–H groups in total. The van der Waals surface area contributed by atoms with E-state index in [4.69, 9.17) is 10.6 Å². The number of fused-ring (bicyclic) bond motifs is 1. The first-order valence-corrected chi connectivity index (χ1v) is 8.15. The van der Waals surface area contributed by atoms with Crippen molar-refractivity contribution in [1.82, 2.24) is 14.8 Å². The molecule has 1 saturated carbocycles. The molecule has 0 bridgehead atoms. The van der Waals surface area contributed by atoms with Gasteiger partial charge in [0.15, 0.2) is 4.96 Å². The van der Waals surface area contributed by atoms with Gasteiger partial charge < -0.3 is 4.74 Å². The topological polar surface area (TPSA) is 64.6 Å². The van der Waals surface area contributed by atoms with E-state index in [9.17, 15) is 0 Å². The molecule has 5 nitrogen and oxygen atoms in total. The zero-order valence-electron chi connectivity index (χ0n) is 11.8. The predicted octanol–water partition coefficient (Wildman–Crippen LogP) is 1.98. The smallest absolute Gasteiger partial charge is 0.193 e. The van der Waals surface area contributed by atoms with E-state index >= 15 is 0 Å². The van der Waals surface area contributed by atoms with E-state index < -0.39 is 0 Å². The van der Waals surface area contributed by atoms with Crippen molar-refractivity contribution in [3.63, 3.8) is 0 Å². The van der Waals surface area contributed by atoms with Crippen molar-refractivity contribution in [2.24, 2.45) is 11.8 Å². The Morgan fingerprint density at radius 1 is 1.60 bits per heavy atom. The van der Waals surface area contributed by atoms with Crippen molar-refractivity contribution in [3.05, 3.63) is 23.5 Å². The van der Waals surface area contributed by atoms with Crippen molar-refractivity contribution in [3.8, 4) is 0 Å². The molecule has 0 aromatic carbocycles. The fourth-order valence-corrected chi connectivity index (χ4v) is 3.70. The summed E-state index contributed by atoms with van der Waals surface area (Å²) in [5.41, 5.74) is 4.06. The number of hydrazine groups is 1. The number of nitrogens with one attached hydrogen (secondary N) is 1. The first kappa shape index (κ1) is 14.0. The first-order valence-electron chi connectivity index (χ1n) is 7.27. The van der Waals surface area contributed by atoms with Gasteiger partial charge in [0.05, 0.1) is 11.8 Å². The summed E-state index contributed by atoms with van der Waals surface area (Å²) in [5, 5.41) is 2.05. The highest BCUT2D eigenvalue weighted by atomic mass is 32.1. The highest BCUT2D eigenvalue weighted by Crippen LogP contribution is 2.33. The molecule has 2 aromatic rings. The van der Waals surface area contributed by atoms with Gasteiger partial charge >= 0.3 is 0 Å². The maximum atomic E-state index is 5.70. The summed E-state index contributed by atoms with van der Waals surface area (Å²) in [6, 6.07) is 0.298. The molecule has 2 aromatic heterocycles. The zero-order chi connectivity index (χ0) is 13.9. The Kier molecular flexibility index (Phi) is 4.35. The number of hydrogen-bond donors (Lipinski definition) is 2. The van der Waals surface area contributed by atoms with Gasteiger partial charge in [0.2, 0.25) is 0 Å². The van der Waals surface area contributed by atoms with Crippen molar-refractivity contribution in [1.29, 1.82) is 0 Å². The van der Waals surface area contributed by atoms with E-state index in [1.807, 2.05) is 11.6 Å². The van der Waals surface area contributed by atoms with E-state index in [0.29, 0.717) is 12.1 Å². The molecule has 110 valence electrons. The third-order valence-corrected chi connectivity index (χ3v) is 4.82. The number of imidazole rings is 1. The van der Waals surface area contributed by atoms with E-state index in [-0.39, 0.29) is 0 Å². The summed E-state index contributed by atoms with van der Waals surface area (Å²) in [4.78, 5) is 5.67. The average Bonchev–Trinajstić information content (AvgIpc) is 2.95. The minimum absolute atomic E-state index is 0.298. The molecule has 6 heteroatoms. The highest BCUT2D eigenvalue weighted by molar-refractivity contribution is 7.15. The van der Waals surface area contributed by atoms with E-state index in [1.165, 1.54) is 12.8 Å². The predicted molar refractivity (Wildman–Crippen MR) is 80.6 cm³/mol. The van der Waals surface area contributed by atoms with Crippen LogP contribution >= 0.6 is 11.3 Å². The molecule has 0 saturated heterocycles. The van der Waals surface area contributed by atoms with Gasteiger partial charge in [0.1, 0.15) is 0 Å². The molecule has 0 spiro atoms. The van der Waals surface area contributed by atoms with Crippen LogP contribution in [-0.4, -0.2) is 28.1 Å². The van der Waals surface area contributed by atoms with Crippen LogP contribution in [0.3, 0.4) is 0 Å². The third-order valence-electron chi connectivity index (χ3n) is 4.05. The molecule has 0 radical (unpaired) electrons. The van der Waals surface area contributed by atoms with E-state index in [2.05, 4.69) is 27.9 Å². The Labute approximate surface area is 123 Å². The fourth-order valence-electron chi connectivity index (χ4n) is 2.98. The molecule has 1 aliphatic carbocycles. The molecule has 3 rings (SSSR count). The Morgan fingerprint density at radius 3 is 3.15 bits per heavy atom. The van der Waals surface area contributed by atoms with Gasteiger partial charge in [-0.1, -0.05) is 0 Å². The molecule has 1 unspecified atom stereocenters. The molecular weight excluding hydrogens is 272 g/mol. The van der Waals surface area contributed by atoms with E-state index in [1.54, 1.807) is 11.3 Å². The summed E-state index contributed by atoms with van der Waals surface area (Å²) >= 11 is 1.66. The lowest BCUT2D eigenvalue weighted by Gasteiger charge is -2.36. The minimum atomic E-state index is 0.298. The molecule has 0 amide bonds. The number of nitrogens with two attached hydrogens (primary N) is 1. The second-order valence-electron chi connectivity index (χ2n) is 5.54. The lowest BCUT2D eigenvalue weighted by Crippen LogP contribution is -2.42. The Morgan fingerprint density at radius 2 is 2.45 bits per heavy atom. The van der Waals surface area contributed by atoms with Crippen LogP contribution in [0, 0.1) is 5.92 Å². The Balaban J connectivity index is 1.51. The maximum absolute atomic E-state index is 5.70. The van der Waals surface area contributed by atoms with Crippen LogP contribution in [0.15, 0.2) is 17.8 Å². The first-order chi connectivity index (χ1) is 9.78. The molecule has 0 aliphatic heterocycles. The number of ether oxygens (including phenoxy) is 1. The van der Waals surface area contributed by atoms with Crippen LogP contribution in [0.25, 0.3) is 4.96 Å². The second kappa shape index (κ2) is 6.22. The third kappa shape index (κ3) is 3.03. The zero-order valence-corrected chi connectivity index (χ0v) is 12.6. The molecule has 2 heterocycles. The molecule has 1 aliphatic rings. The minimum Gasteiger partial charge on any atom is -0.378 e.